The van der Waals surface area contributed by atoms with Crippen LogP contribution < -0.4 is 5.73 Å². The van der Waals surface area contributed by atoms with Gasteiger partial charge in [0, 0.05) is 30.9 Å². The van der Waals surface area contributed by atoms with Gasteiger partial charge in [-0.05, 0) is 30.4 Å². The van der Waals surface area contributed by atoms with Crippen molar-refractivity contribution < 1.29 is 0 Å². The van der Waals surface area contributed by atoms with Gasteiger partial charge in [0.1, 0.15) is 0 Å². The zero-order valence-corrected chi connectivity index (χ0v) is 12.7. The van der Waals surface area contributed by atoms with E-state index in [0.717, 1.165) is 13.0 Å². The third kappa shape index (κ3) is 3.28. The fourth-order valence-electron chi connectivity index (χ4n) is 2.69. The van der Waals surface area contributed by atoms with Gasteiger partial charge in [-0.25, -0.2) is 4.98 Å². The summed E-state index contributed by atoms with van der Waals surface area (Å²) < 4.78 is 2.25. The molecule has 0 saturated heterocycles. The maximum Gasteiger partial charge on any atom is 0.0948 e. The van der Waals surface area contributed by atoms with Crippen molar-refractivity contribution in [3.63, 3.8) is 0 Å². The zero-order valence-electron chi connectivity index (χ0n) is 12.7. The van der Waals surface area contributed by atoms with E-state index in [9.17, 15) is 0 Å². The molecule has 0 fully saturated rings. The van der Waals surface area contributed by atoms with Crippen molar-refractivity contribution in [2.45, 2.75) is 39.7 Å². The summed E-state index contributed by atoms with van der Waals surface area (Å²) >= 11 is 0. The van der Waals surface area contributed by atoms with Gasteiger partial charge in [0.25, 0.3) is 0 Å². The molecule has 0 saturated carbocycles. The first kappa shape index (κ1) is 14.8. The normalized spacial score (nSPS) is 12.8. The summed E-state index contributed by atoms with van der Waals surface area (Å²) in [5, 5.41) is 0. The monoisotopic (exact) mass is 271 g/mol. The van der Waals surface area contributed by atoms with Gasteiger partial charge < -0.3 is 10.3 Å². The van der Waals surface area contributed by atoms with Crippen LogP contribution in [0.3, 0.4) is 0 Å². The summed E-state index contributed by atoms with van der Waals surface area (Å²) in [4.78, 5) is 4.32. The van der Waals surface area contributed by atoms with Gasteiger partial charge in [0.05, 0.1) is 6.33 Å². The second kappa shape index (κ2) is 6.71. The second-order valence-electron chi connectivity index (χ2n) is 5.77. The van der Waals surface area contributed by atoms with Crippen LogP contribution in [0, 0.1) is 12.8 Å². The van der Waals surface area contributed by atoms with Gasteiger partial charge in [-0.2, -0.15) is 0 Å². The summed E-state index contributed by atoms with van der Waals surface area (Å²) in [6.07, 6.45) is 4.93. The van der Waals surface area contributed by atoms with E-state index in [1.165, 1.54) is 16.8 Å². The smallest absolute Gasteiger partial charge is 0.0948 e. The van der Waals surface area contributed by atoms with Crippen LogP contribution in [0.15, 0.2) is 36.8 Å². The van der Waals surface area contributed by atoms with Gasteiger partial charge >= 0.3 is 0 Å². The molecule has 2 aromatic rings. The predicted molar refractivity (Wildman–Crippen MR) is 83.7 cm³/mol. The third-order valence-electron chi connectivity index (χ3n) is 4.07. The molecule has 1 aromatic heterocycles. The van der Waals surface area contributed by atoms with Crippen molar-refractivity contribution in [1.82, 2.24) is 9.55 Å². The first-order valence-corrected chi connectivity index (χ1v) is 7.38. The van der Waals surface area contributed by atoms with Crippen LogP contribution in [0.5, 0.6) is 0 Å². The molecule has 1 aromatic carbocycles. The average molecular weight is 271 g/mol. The Labute approximate surface area is 121 Å². The fourth-order valence-corrected chi connectivity index (χ4v) is 2.69. The molecule has 20 heavy (non-hydrogen) atoms. The Kier molecular flexibility index (Phi) is 4.96. The molecule has 0 radical (unpaired) electrons. The molecule has 1 unspecified atom stereocenters. The molecule has 0 aliphatic carbocycles. The Morgan fingerprint density at radius 2 is 2.00 bits per heavy atom. The minimum absolute atomic E-state index is 0.384. The lowest BCUT2D eigenvalue weighted by atomic mass is 9.93. The summed E-state index contributed by atoms with van der Waals surface area (Å²) in [6.45, 7) is 8.24. The minimum Gasteiger partial charge on any atom is -0.334 e. The SMILES string of the molecule is Cc1ccccc1CCn1cncc1C(CN)C(C)C. The molecule has 1 heterocycles. The highest BCUT2D eigenvalue weighted by Gasteiger charge is 2.18. The van der Waals surface area contributed by atoms with Crippen LogP contribution >= 0.6 is 0 Å². The molecule has 1 atom stereocenters. The van der Waals surface area contributed by atoms with Crippen molar-refractivity contribution >= 4 is 0 Å². The number of rotatable bonds is 6. The van der Waals surface area contributed by atoms with Crippen molar-refractivity contribution in [1.29, 1.82) is 0 Å². The number of hydrogen-bond donors (Lipinski definition) is 1. The summed E-state index contributed by atoms with van der Waals surface area (Å²) in [5.74, 6) is 0.920. The molecule has 0 amide bonds. The molecule has 0 spiro atoms. The molecule has 0 bridgehead atoms. The first-order valence-electron chi connectivity index (χ1n) is 7.38. The van der Waals surface area contributed by atoms with Crippen LogP contribution in [0.1, 0.15) is 36.6 Å². The number of imidazole rings is 1. The van der Waals surface area contributed by atoms with Crippen molar-refractivity contribution in [2.75, 3.05) is 6.54 Å². The van der Waals surface area contributed by atoms with Crippen LogP contribution in [-0.2, 0) is 13.0 Å². The number of aryl methyl sites for hydroxylation is 3. The molecular formula is C17H25N3. The van der Waals surface area contributed by atoms with Crippen LogP contribution in [0.25, 0.3) is 0 Å². The number of benzene rings is 1. The quantitative estimate of drug-likeness (QED) is 0.877. The fraction of sp³-hybridized carbons (Fsp3) is 0.471. The Balaban J connectivity index is 2.11. The van der Waals surface area contributed by atoms with Crippen LogP contribution in [-0.4, -0.2) is 16.1 Å². The van der Waals surface area contributed by atoms with Crippen LogP contribution in [0.2, 0.25) is 0 Å². The minimum atomic E-state index is 0.384. The topological polar surface area (TPSA) is 43.8 Å². The zero-order chi connectivity index (χ0) is 14.5. The second-order valence-corrected chi connectivity index (χ2v) is 5.77. The molecule has 3 heteroatoms. The first-order chi connectivity index (χ1) is 9.63. The van der Waals surface area contributed by atoms with Gasteiger partial charge in [-0.1, -0.05) is 38.1 Å². The Morgan fingerprint density at radius 3 is 2.65 bits per heavy atom. The largest absolute Gasteiger partial charge is 0.334 e. The van der Waals surface area contributed by atoms with Gasteiger partial charge in [-0.15, -0.1) is 0 Å². The number of aromatic nitrogens is 2. The lowest BCUT2D eigenvalue weighted by molar-refractivity contribution is 0.471. The van der Waals surface area contributed by atoms with E-state index in [-0.39, 0.29) is 0 Å². The molecule has 3 nitrogen and oxygen atoms in total. The molecule has 2 N–H and O–H groups in total. The van der Waals surface area contributed by atoms with Gasteiger partial charge in [0.2, 0.25) is 0 Å². The molecule has 0 aliphatic heterocycles. The number of nitrogens with two attached hydrogens (primary N) is 1. The highest BCUT2D eigenvalue weighted by atomic mass is 15.0. The van der Waals surface area contributed by atoms with Crippen molar-refractivity contribution in [3.05, 3.63) is 53.6 Å². The van der Waals surface area contributed by atoms with Gasteiger partial charge in [0.15, 0.2) is 0 Å². The average Bonchev–Trinajstić information content (AvgIpc) is 2.86. The van der Waals surface area contributed by atoms with E-state index in [2.05, 4.69) is 54.6 Å². The van der Waals surface area contributed by atoms with Crippen LogP contribution in [0.4, 0.5) is 0 Å². The van der Waals surface area contributed by atoms with E-state index in [0.29, 0.717) is 18.4 Å². The summed E-state index contributed by atoms with van der Waals surface area (Å²) in [7, 11) is 0. The molecule has 0 aliphatic rings. The highest BCUT2D eigenvalue weighted by Crippen LogP contribution is 2.23. The van der Waals surface area contributed by atoms with E-state index in [1.54, 1.807) is 0 Å². The van der Waals surface area contributed by atoms with E-state index in [4.69, 9.17) is 5.73 Å². The Hall–Kier alpha value is -1.61. The standard InChI is InChI=1S/C17H25N3/c1-13(2)16(10-18)17-11-19-12-20(17)9-8-15-7-5-4-6-14(15)3/h4-7,11-13,16H,8-10,18H2,1-3H3. The lowest BCUT2D eigenvalue weighted by Gasteiger charge is -2.20. The van der Waals surface area contributed by atoms with E-state index in [1.807, 2.05) is 12.5 Å². The predicted octanol–water partition coefficient (Wildman–Crippen LogP) is 3.13. The lowest BCUT2D eigenvalue weighted by Crippen LogP contribution is -2.21. The van der Waals surface area contributed by atoms with Crippen molar-refractivity contribution in [2.24, 2.45) is 11.7 Å². The molecular weight excluding hydrogens is 246 g/mol. The highest BCUT2D eigenvalue weighted by molar-refractivity contribution is 5.25. The van der Waals surface area contributed by atoms with Crippen molar-refractivity contribution in [3.8, 4) is 0 Å². The Bertz CT molecular complexity index is 543. The van der Waals surface area contributed by atoms with E-state index < -0.39 is 0 Å². The maximum absolute atomic E-state index is 5.92. The molecule has 2 rings (SSSR count). The number of hydrogen-bond acceptors (Lipinski definition) is 2. The third-order valence-corrected chi connectivity index (χ3v) is 4.07. The Morgan fingerprint density at radius 1 is 1.25 bits per heavy atom. The maximum atomic E-state index is 5.92. The summed E-state index contributed by atoms with van der Waals surface area (Å²) in [6, 6.07) is 8.56. The van der Waals surface area contributed by atoms with E-state index >= 15 is 0 Å². The molecule has 108 valence electrons. The summed E-state index contributed by atoms with van der Waals surface area (Å²) in [5.41, 5.74) is 9.94. The van der Waals surface area contributed by atoms with Gasteiger partial charge in [-0.3, -0.25) is 0 Å². The number of nitrogens with zero attached hydrogens (tertiary/aromatic N) is 2.